The molecular weight excluding hydrogens is 240 g/mol. The molecule has 0 saturated carbocycles. The van der Waals surface area contributed by atoms with Gasteiger partial charge in [0.25, 0.3) is 5.88 Å². The van der Waals surface area contributed by atoms with Crippen LogP contribution in [0.2, 0.25) is 0 Å². The second kappa shape index (κ2) is 6.70. The van der Waals surface area contributed by atoms with Gasteiger partial charge in [0.1, 0.15) is 6.33 Å². The summed E-state index contributed by atoms with van der Waals surface area (Å²) in [6.45, 7) is 4.73. The molecular formula is C10H16N4O4. The van der Waals surface area contributed by atoms with Crippen LogP contribution in [0.3, 0.4) is 0 Å². The van der Waals surface area contributed by atoms with Crippen LogP contribution < -0.4 is 10.1 Å². The third kappa shape index (κ3) is 3.52. The molecule has 1 rings (SSSR count). The van der Waals surface area contributed by atoms with Gasteiger partial charge < -0.3 is 14.8 Å². The van der Waals surface area contributed by atoms with Crippen LogP contribution in [0.4, 0.5) is 11.5 Å². The number of methoxy groups -OCH3 is 1. The molecule has 0 aromatic carbocycles. The first-order valence-corrected chi connectivity index (χ1v) is 5.47. The molecule has 0 aliphatic heterocycles. The van der Waals surface area contributed by atoms with Crippen molar-refractivity contribution in [2.75, 3.05) is 25.6 Å². The normalized spacial score (nSPS) is 11.9. The number of nitrogens with one attached hydrogen (secondary N) is 1. The SMILES string of the molecule is CCOCC(C)Nc1ncnc(OC)c1[N+](=O)[O-]. The number of aromatic nitrogens is 2. The van der Waals surface area contributed by atoms with Crippen molar-refractivity contribution in [3.63, 3.8) is 0 Å². The van der Waals surface area contributed by atoms with Crippen molar-refractivity contribution in [2.24, 2.45) is 0 Å². The molecule has 100 valence electrons. The number of nitro groups is 1. The van der Waals surface area contributed by atoms with Crippen molar-refractivity contribution in [2.45, 2.75) is 19.9 Å². The van der Waals surface area contributed by atoms with Crippen LogP contribution >= 0.6 is 0 Å². The highest BCUT2D eigenvalue weighted by Gasteiger charge is 2.24. The summed E-state index contributed by atoms with van der Waals surface area (Å²) >= 11 is 0. The maximum Gasteiger partial charge on any atom is 0.372 e. The Hall–Kier alpha value is -1.96. The zero-order valence-electron chi connectivity index (χ0n) is 10.5. The van der Waals surface area contributed by atoms with Gasteiger partial charge in [-0.15, -0.1) is 0 Å². The van der Waals surface area contributed by atoms with Crippen LogP contribution in [0, 0.1) is 10.1 Å². The van der Waals surface area contributed by atoms with Crippen LogP contribution in [0.1, 0.15) is 13.8 Å². The van der Waals surface area contributed by atoms with Crippen LogP contribution in [-0.2, 0) is 4.74 Å². The van der Waals surface area contributed by atoms with E-state index in [9.17, 15) is 10.1 Å². The third-order valence-corrected chi connectivity index (χ3v) is 2.12. The molecule has 0 amide bonds. The predicted octanol–water partition coefficient (Wildman–Crippen LogP) is 1.23. The fourth-order valence-corrected chi connectivity index (χ4v) is 1.35. The minimum atomic E-state index is -0.575. The molecule has 0 bridgehead atoms. The van der Waals surface area contributed by atoms with Crippen LogP contribution in [0.5, 0.6) is 5.88 Å². The van der Waals surface area contributed by atoms with E-state index < -0.39 is 4.92 Å². The van der Waals surface area contributed by atoms with Gasteiger partial charge in [0, 0.05) is 12.6 Å². The summed E-state index contributed by atoms with van der Waals surface area (Å²) in [6, 6.07) is -0.108. The van der Waals surface area contributed by atoms with Gasteiger partial charge in [-0.2, -0.15) is 4.98 Å². The lowest BCUT2D eigenvalue weighted by Crippen LogP contribution is -2.23. The molecule has 8 nitrogen and oxygen atoms in total. The Labute approximate surface area is 104 Å². The van der Waals surface area contributed by atoms with Crippen molar-refractivity contribution >= 4 is 11.5 Å². The molecule has 0 radical (unpaired) electrons. The Morgan fingerprint density at radius 3 is 2.83 bits per heavy atom. The van der Waals surface area contributed by atoms with Gasteiger partial charge >= 0.3 is 5.69 Å². The van der Waals surface area contributed by atoms with E-state index in [1.807, 2.05) is 13.8 Å². The summed E-state index contributed by atoms with van der Waals surface area (Å²) < 4.78 is 10.1. The first kappa shape index (κ1) is 14.1. The zero-order valence-corrected chi connectivity index (χ0v) is 10.5. The molecule has 0 spiro atoms. The Bertz CT molecular complexity index is 413. The van der Waals surface area contributed by atoms with E-state index >= 15 is 0 Å². The maximum atomic E-state index is 11.0. The van der Waals surface area contributed by atoms with Gasteiger partial charge in [0.2, 0.25) is 5.82 Å². The quantitative estimate of drug-likeness (QED) is 0.578. The number of hydrogen-bond acceptors (Lipinski definition) is 7. The molecule has 0 fully saturated rings. The Morgan fingerprint density at radius 1 is 1.56 bits per heavy atom. The van der Waals surface area contributed by atoms with Crippen molar-refractivity contribution in [3.8, 4) is 5.88 Å². The second-order valence-corrected chi connectivity index (χ2v) is 3.54. The maximum absolute atomic E-state index is 11.0. The topological polar surface area (TPSA) is 99.4 Å². The average Bonchev–Trinajstić information content (AvgIpc) is 2.35. The van der Waals surface area contributed by atoms with Gasteiger partial charge in [-0.25, -0.2) is 4.98 Å². The van der Waals surface area contributed by atoms with E-state index in [4.69, 9.17) is 9.47 Å². The summed E-state index contributed by atoms with van der Waals surface area (Å²) in [5.74, 6) is 0.0557. The molecule has 0 aliphatic rings. The number of nitrogens with zero attached hydrogens (tertiary/aromatic N) is 3. The number of ether oxygens (including phenoxy) is 2. The standard InChI is InChI=1S/C10H16N4O4/c1-4-18-5-7(2)13-9-8(14(15)16)10(17-3)12-6-11-9/h6-7H,4-5H2,1-3H3,(H,11,12,13). The fraction of sp³-hybridized carbons (Fsp3) is 0.600. The van der Waals surface area contributed by atoms with Gasteiger partial charge in [0.05, 0.1) is 18.6 Å². The van der Waals surface area contributed by atoms with Gasteiger partial charge in [-0.3, -0.25) is 10.1 Å². The molecule has 1 heterocycles. The highest BCUT2D eigenvalue weighted by Crippen LogP contribution is 2.30. The van der Waals surface area contributed by atoms with E-state index in [2.05, 4.69) is 15.3 Å². The van der Waals surface area contributed by atoms with E-state index in [0.717, 1.165) is 0 Å². The number of hydrogen-bond donors (Lipinski definition) is 1. The van der Waals surface area contributed by atoms with Crippen molar-refractivity contribution in [1.82, 2.24) is 9.97 Å². The minimum Gasteiger partial charge on any atom is -0.476 e. The Balaban J connectivity index is 2.90. The molecule has 0 aliphatic carbocycles. The molecule has 1 unspecified atom stereocenters. The highest BCUT2D eigenvalue weighted by atomic mass is 16.6. The zero-order chi connectivity index (χ0) is 13.5. The van der Waals surface area contributed by atoms with E-state index in [1.54, 1.807) is 0 Å². The summed E-state index contributed by atoms with van der Waals surface area (Å²) in [5, 5.41) is 13.9. The van der Waals surface area contributed by atoms with Crippen molar-refractivity contribution in [3.05, 3.63) is 16.4 Å². The van der Waals surface area contributed by atoms with Crippen LogP contribution in [0.25, 0.3) is 0 Å². The molecule has 1 aromatic rings. The summed E-state index contributed by atoms with van der Waals surface area (Å²) in [4.78, 5) is 18.0. The smallest absolute Gasteiger partial charge is 0.372 e. The highest BCUT2D eigenvalue weighted by molar-refractivity contribution is 5.61. The Morgan fingerprint density at radius 2 is 2.28 bits per heavy atom. The lowest BCUT2D eigenvalue weighted by molar-refractivity contribution is -0.385. The largest absolute Gasteiger partial charge is 0.476 e. The molecule has 1 atom stereocenters. The van der Waals surface area contributed by atoms with Crippen LogP contribution in [-0.4, -0.2) is 41.3 Å². The molecule has 8 heteroatoms. The minimum absolute atomic E-state index is 0.0684. The lowest BCUT2D eigenvalue weighted by atomic mass is 10.3. The summed E-state index contributed by atoms with van der Waals surface area (Å²) in [5.41, 5.74) is -0.275. The molecule has 0 saturated heterocycles. The van der Waals surface area contributed by atoms with Gasteiger partial charge in [0.15, 0.2) is 0 Å². The average molecular weight is 256 g/mol. The first-order valence-electron chi connectivity index (χ1n) is 5.47. The number of rotatable bonds is 7. The monoisotopic (exact) mass is 256 g/mol. The van der Waals surface area contributed by atoms with Gasteiger partial charge in [-0.1, -0.05) is 0 Å². The molecule has 18 heavy (non-hydrogen) atoms. The summed E-state index contributed by atoms with van der Waals surface area (Å²) in [7, 11) is 1.32. The van der Waals surface area contributed by atoms with E-state index in [1.165, 1.54) is 13.4 Å². The van der Waals surface area contributed by atoms with E-state index in [0.29, 0.717) is 13.2 Å². The Kier molecular flexibility index (Phi) is 5.25. The number of anilines is 1. The lowest BCUT2D eigenvalue weighted by Gasteiger charge is -2.14. The summed E-state index contributed by atoms with van der Waals surface area (Å²) in [6.07, 6.45) is 1.21. The third-order valence-electron chi connectivity index (χ3n) is 2.12. The molecule has 1 N–H and O–H groups in total. The van der Waals surface area contributed by atoms with E-state index in [-0.39, 0.29) is 23.4 Å². The van der Waals surface area contributed by atoms with Gasteiger partial charge in [-0.05, 0) is 13.8 Å². The van der Waals surface area contributed by atoms with Crippen LogP contribution in [0.15, 0.2) is 6.33 Å². The van der Waals surface area contributed by atoms with Crippen molar-refractivity contribution < 1.29 is 14.4 Å². The molecule has 1 aromatic heterocycles. The first-order chi connectivity index (χ1) is 8.60. The fourth-order valence-electron chi connectivity index (χ4n) is 1.35. The van der Waals surface area contributed by atoms with Crippen molar-refractivity contribution in [1.29, 1.82) is 0 Å². The predicted molar refractivity (Wildman–Crippen MR) is 64.8 cm³/mol. The second-order valence-electron chi connectivity index (χ2n) is 3.54.